The molecule has 96 valence electrons. The summed E-state index contributed by atoms with van der Waals surface area (Å²) in [6.45, 7) is 12.1. The predicted octanol–water partition coefficient (Wildman–Crippen LogP) is 0.112. The molecule has 4 nitrogen and oxygen atoms in total. The number of nitrogens with zero attached hydrogens (tertiary/aromatic N) is 2. The van der Waals surface area contributed by atoms with Crippen molar-refractivity contribution >= 4 is 0 Å². The van der Waals surface area contributed by atoms with Gasteiger partial charge in [-0.1, -0.05) is 6.92 Å². The van der Waals surface area contributed by atoms with Crippen molar-refractivity contribution in [3.05, 3.63) is 0 Å². The highest BCUT2D eigenvalue weighted by Gasteiger charge is 2.24. The zero-order valence-electron chi connectivity index (χ0n) is 10.9. The standard InChI is InChI=1S/C12H27N3O/c1-4-15-8-7-14(9-11(15)2)6-5-12(3,16)10-13/h11,16H,4-10,13H2,1-3H3. The average molecular weight is 229 g/mol. The molecule has 1 aliphatic heterocycles. The van der Waals surface area contributed by atoms with Crippen molar-refractivity contribution in [2.24, 2.45) is 5.73 Å². The molecule has 0 aromatic rings. The molecule has 0 aromatic carbocycles. The van der Waals surface area contributed by atoms with E-state index in [1.165, 1.54) is 0 Å². The summed E-state index contributed by atoms with van der Waals surface area (Å²) in [4.78, 5) is 4.93. The molecule has 0 aliphatic carbocycles. The maximum Gasteiger partial charge on any atom is 0.0753 e. The van der Waals surface area contributed by atoms with Crippen LogP contribution >= 0.6 is 0 Å². The van der Waals surface area contributed by atoms with Crippen molar-refractivity contribution in [3.8, 4) is 0 Å². The Bertz CT molecular complexity index is 208. The normalized spacial score (nSPS) is 27.9. The monoisotopic (exact) mass is 229 g/mol. The first-order valence-corrected chi connectivity index (χ1v) is 6.37. The van der Waals surface area contributed by atoms with Gasteiger partial charge in [0.25, 0.3) is 0 Å². The minimum absolute atomic E-state index is 0.345. The van der Waals surface area contributed by atoms with Gasteiger partial charge in [-0.3, -0.25) is 4.90 Å². The fourth-order valence-corrected chi connectivity index (χ4v) is 2.24. The minimum atomic E-state index is -0.703. The van der Waals surface area contributed by atoms with Crippen molar-refractivity contribution in [2.75, 3.05) is 39.3 Å². The number of piperazine rings is 1. The highest BCUT2D eigenvalue weighted by atomic mass is 16.3. The fourth-order valence-electron chi connectivity index (χ4n) is 2.24. The van der Waals surface area contributed by atoms with Gasteiger partial charge in [0.05, 0.1) is 5.60 Å². The minimum Gasteiger partial charge on any atom is -0.389 e. The molecule has 0 aromatic heterocycles. The van der Waals surface area contributed by atoms with Gasteiger partial charge in [-0.15, -0.1) is 0 Å². The Balaban J connectivity index is 2.30. The van der Waals surface area contributed by atoms with E-state index in [1.807, 2.05) is 6.92 Å². The summed E-state index contributed by atoms with van der Waals surface area (Å²) < 4.78 is 0. The van der Waals surface area contributed by atoms with E-state index in [0.29, 0.717) is 12.6 Å². The second-order valence-electron chi connectivity index (χ2n) is 5.23. The highest BCUT2D eigenvalue weighted by molar-refractivity contribution is 4.81. The number of aliphatic hydroxyl groups is 1. The first kappa shape index (κ1) is 13.9. The summed E-state index contributed by atoms with van der Waals surface area (Å²) in [5.74, 6) is 0. The molecule has 1 rings (SSSR count). The summed E-state index contributed by atoms with van der Waals surface area (Å²) >= 11 is 0. The SMILES string of the molecule is CCN1CCN(CCC(C)(O)CN)CC1C. The molecule has 2 atom stereocenters. The van der Waals surface area contributed by atoms with Crippen LogP contribution in [0.4, 0.5) is 0 Å². The van der Waals surface area contributed by atoms with E-state index in [2.05, 4.69) is 23.6 Å². The highest BCUT2D eigenvalue weighted by Crippen LogP contribution is 2.13. The van der Waals surface area contributed by atoms with E-state index in [4.69, 9.17) is 5.73 Å². The van der Waals surface area contributed by atoms with Crippen LogP contribution in [0.15, 0.2) is 0 Å². The summed E-state index contributed by atoms with van der Waals surface area (Å²) in [5.41, 5.74) is 4.81. The van der Waals surface area contributed by atoms with Gasteiger partial charge in [0, 0.05) is 38.8 Å². The molecule has 16 heavy (non-hydrogen) atoms. The molecule has 1 saturated heterocycles. The van der Waals surface area contributed by atoms with Crippen molar-refractivity contribution in [1.29, 1.82) is 0 Å². The second kappa shape index (κ2) is 5.96. The lowest BCUT2D eigenvalue weighted by atomic mass is 10.0. The lowest BCUT2D eigenvalue weighted by molar-refractivity contribution is 0.0304. The summed E-state index contributed by atoms with van der Waals surface area (Å²) in [7, 11) is 0. The molecule has 0 spiro atoms. The topological polar surface area (TPSA) is 52.7 Å². The Morgan fingerprint density at radius 3 is 2.62 bits per heavy atom. The van der Waals surface area contributed by atoms with E-state index in [1.54, 1.807) is 0 Å². The fraction of sp³-hybridized carbons (Fsp3) is 1.00. The van der Waals surface area contributed by atoms with Crippen LogP contribution in [0.3, 0.4) is 0 Å². The maximum absolute atomic E-state index is 9.86. The third kappa shape index (κ3) is 4.01. The van der Waals surface area contributed by atoms with Gasteiger partial charge in [-0.2, -0.15) is 0 Å². The maximum atomic E-state index is 9.86. The quantitative estimate of drug-likeness (QED) is 0.703. The van der Waals surface area contributed by atoms with Crippen molar-refractivity contribution < 1.29 is 5.11 Å². The van der Waals surface area contributed by atoms with Crippen molar-refractivity contribution in [1.82, 2.24) is 9.80 Å². The summed E-state index contributed by atoms with van der Waals surface area (Å²) in [6.07, 6.45) is 0.766. The van der Waals surface area contributed by atoms with E-state index in [9.17, 15) is 5.11 Å². The number of rotatable bonds is 5. The van der Waals surface area contributed by atoms with Crippen LogP contribution < -0.4 is 5.73 Å². The first-order chi connectivity index (χ1) is 7.48. The van der Waals surface area contributed by atoms with Crippen LogP contribution in [0.2, 0.25) is 0 Å². The molecule has 4 heteroatoms. The molecule has 2 unspecified atom stereocenters. The average Bonchev–Trinajstić information content (AvgIpc) is 2.27. The first-order valence-electron chi connectivity index (χ1n) is 6.37. The molecule has 1 heterocycles. The second-order valence-corrected chi connectivity index (χ2v) is 5.23. The summed E-state index contributed by atoms with van der Waals surface area (Å²) in [5, 5.41) is 9.86. The molecule has 1 aliphatic rings. The van der Waals surface area contributed by atoms with Gasteiger partial charge in [0.15, 0.2) is 0 Å². The third-order valence-corrected chi connectivity index (χ3v) is 3.66. The Morgan fingerprint density at radius 1 is 1.44 bits per heavy atom. The van der Waals surface area contributed by atoms with Gasteiger partial charge >= 0.3 is 0 Å². The molecule has 1 fully saturated rings. The molecule has 0 bridgehead atoms. The molecule has 0 saturated carbocycles. The van der Waals surface area contributed by atoms with Gasteiger partial charge in [-0.05, 0) is 26.8 Å². The largest absolute Gasteiger partial charge is 0.389 e. The Kier molecular flexibility index (Phi) is 5.18. The molecular formula is C12H27N3O. The van der Waals surface area contributed by atoms with Gasteiger partial charge in [0.1, 0.15) is 0 Å². The van der Waals surface area contributed by atoms with Gasteiger partial charge in [0.2, 0.25) is 0 Å². The molecular weight excluding hydrogens is 202 g/mol. The Morgan fingerprint density at radius 2 is 2.12 bits per heavy atom. The third-order valence-electron chi connectivity index (χ3n) is 3.66. The van der Waals surface area contributed by atoms with Gasteiger partial charge < -0.3 is 15.7 Å². The van der Waals surface area contributed by atoms with Crippen LogP contribution in [0.1, 0.15) is 27.2 Å². The van der Waals surface area contributed by atoms with Crippen molar-refractivity contribution in [3.63, 3.8) is 0 Å². The predicted molar refractivity (Wildman–Crippen MR) is 67.4 cm³/mol. The van der Waals surface area contributed by atoms with E-state index in [-0.39, 0.29) is 0 Å². The Labute approximate surface area is 99.4 Å². The molecule has 0 radical (unpaired) electrons. The van der Waals surface area contributed by atoms with Crippen LogP contribution in [0, 0.1) is 0 Å². The van der Waals surface area contributed by atoms with Crippen LogP contribution in [0.5, 0.6) is 0 Å². The number of hydrogen-bond donors (Lipinski definition) is 2. The van der Waals surface area contributed by atoms with E-state index < -0.39 is 5.60 Å². The van der Waals surface area contributed by atoms with Crippen molar-refractivity contribution in [2.45, 2.75) is 38.8 Å². The Hall–Kier alpha value is -0.160. The lowest BCUT2D eigenvalue weighted by Crippen LogP contribution is -2.52. The smallest absolute Gasteiger partial charge is 0.0753 e. The number of hydrogen-bond acceptors (Lipinski definition) is 4. The number of nitrogens with two attached hydrogens (primary N) is 1. The zero-order valence-corrected chi connectivity index (χ0v) is 10.9. The van der Waals surface area contributed by atoms with Crippen LogP contribution in [-0.4, -0.2) is 65.8 Å². The molecule has 0 amide bonds. The van der Waals surface area contributed by atoms with E-state index >= 15 is 0 Å². The summed E-state index contributed by atoms with van der Waals surface area (Å²) in [6, 6.07) is 0.626. The van der Waals surface area contributed by atoms with Crippen LogP contribution in [0.25, 0.3) is 0 Å². The van der Waals surface area contributed by atoms with Gasteiger partial charge in [-0.25, -0.2) is 0 Å². The van der Waals surface area contributed by atoms with Crippen LogP contribution in [-0.2, 0) is 0 Å². The molecule has 3 N–H and O–H groups in total. The number of likely N-dealkylation sites (N-methyl/N-ethyl adjacent to an activating group) is 1. The van der Waals surface area contributed by atoms with E-state index in [0.717, 1.165) is 39.1 Å². The lowest BCUT2D eigenvalue weighted by Gasteiger charge is -2.40. The zero-order chi connectivity index (χ0) is 12.2.